The van der Waals surface area contributed by atoms with E-state index in [0.29, 0.717) is 19.0 Å². The van der Waals surface area contributed by atoms with Gasteiger partial charge in [0.15, 0.2) is 5.96 Å². The van der Waals surface area contributed by atoms with Gasteiger partial charge in [0.25, 0.3) is 0 Å². The highest BCUT2D eigenvalue weighted by Crippen LogP contribution is 2.27. The molecule has 1 aromatic carbocycles. The van der Waals surface area contributed by atoms with E-state index in [9.17, 15) is 8.42 Å². The molecule has 0 spiro atoms. The molecule has 1 aliphatic heterocycles. The van der Waals surface area contributed by atoms with Crippen LogP contribution in [0, 0.1) is 0 Å². The number of nitrogens with one attached hydrogen (secondary N) is 2. The Kier molecular flexibility index (Phi) is 8.37. The fourth-order valence-corrected chi connectivity index (χ4v) is 3.66. The average Bonchev–Trinajstić information content (AvgIpc) is 3.15. The highest BCUT2D eigenvalue weighted by molar-refractivity contribution is 7.90. The Balaban J connectivity index is 2.09. The van der Waals surface area contributed by atoms with Gasteiger partial charge in [-0.05, 0) is 50.6 Å². The van der Waals surface area contributed by atoms with E-state index in [1.165, 1.54) is 24.7 Å². The van der Waals surface area contributed by atoms with Crippen LogP contribution in [-0.4, -0.2) is 71.1 Å². The van der Waals surface area contributed by atoms with Gasteiger partial charge in [-0.2, -0.15) is 0 Å². The summed E-state index contributed by atoms with van der Waals surface area (Å²) in [5, 5.41) is 6.30. The second kappa shape index (κ2) is 10.5. The highest BCUT2D eigenvalue weighted by atomic mass is 32.2. The minimum atomic E-state index is -2.99. The number of likely N-dealkylation sites (tertiary alicyclic amines) is 1. The third kappa shape index (κ3) is 7.38. The molecule has 0 saturated carbocycles. The summed E-state index contributed by atoms with van der Waals surface area (Å²) < 4.78 is 27.9. The van der Waals surface area contributed by atoms with Crippen LogP contribution >= 0.6 is 0 Å². The Labute approximate surface area is 163 Å². The van der Waals surface area contributed by atoms with Crippen molar-refractivity contribution < 1.29 is 13.2 Å². The van der Waals surface area contributed by atoms with Crippen LogP contribution in [-0.2, 0) is 9.84 Å². The number of guanidine groups is 1. The lowest BCUT2D eigenvalue weighted by atomic mass is 10.1. The van der Waals surface area contributed by atoms with Gasteiger partial charge in [-0.1, -0.05) is 12.1 Å². The van der Waals surface area contributed by atoms with E-state index in [-0.39, 0.29) is 11.8 Å². The van der Waals surface area contributed by atoms with E-state index in [2.05, 4.69) is 27.7 Å². The number of methoxy groups -OCH3 is 1. The maximum atomic E-state index is 11.3. The van der Waals surface area contributed by atoms with E-state index in [0.717, 1.165) is 25.4 Å². The fourth-order valence-electron chi connectivity index (χ4n) is 3.19. The molecule has 0 bridgehead atoms. The molecule has 0 aliphatic carbocycles. The minimum absolute atomic E-state index is 0.0887. The lowest BCUT2D eigenvalue weighted by molar-refractivity contribution is 0.251. The lowest BCUT2D eigenvalue weighted by Gasteiger charge is -2.27. The predicted octanol–water partition coefficient (Wildman–Crippen LogP) is 1.43. The fraction of sp³-hybridized carbons (Fsp3) is 0.632. The van der Waals surface area contributed by atoms with E-state index in [4.69, 9.17) is 9.73 Å². The van der Waals surface area contributed by atoms with Crippen LogP contribution in [0.2, 0.25) is 0 Å². The summed E-state index contributed by atoms with van der Waals surface area (Å²) in [6.07, 6.45) is 3.66. The first-order valence-corrected chi connectivity index (χ1v) is 11.6. The van der Waals surface area contributed by atoms with Gasteiger partial charge in [0, 0.05) is 19.3 Å². The summed E-state index contributed by atoms with van der Waals surface area (Å²) in [7, 11) is -1.33. The van der Waals surface area contributed by atoms with Crippen molar-refractivity contribution in [1.82, 2.24) is 15.5 Å². The van der Waals surface area contributed by atoms with Gasteiger partial charge < -0.3 is 15.4 Å². The summed E-state index contributed by atoms with van der Waals surface area (Å²) in [6, 6.07) is 8.36. The first-order chi connectivity index (χ1) is 12.9. The van der Waals surface area contributed by atoms with Crippen LogP contribution in [0.25, 0.3) is 0 Å². The van der Waals surface area contributed by atoms with Gasteiger partial charge in [0.2, 0.25) is 0 Å². The van der Waals surface area contributed by atoms with Crippen LogP contribution in [0.4, 0.5) is 0 Å². The largest absolute Gasteiger partial charge is 0.497 e. The Bertz CT molecular complexity index is 698. The molecule has 1 saturated heterocycles. The molecule has 0 aromatic heterocycles. The topological polar surface area (TPSA) is 83.0 Å². The smallest absolute Gasteiger partial charge is 0.191 e. The summed E-state index contributed by atoms with van der Waals surface area (Å²) in [4.78, 5) is 7.19. The van der Waals surface area contributed by atoms with E-state index in [1.807, 2.05) is 19.1 Å². The average molecular weight is 397 g/mol. The molecular formula is C19H32N4O3S. The number of ether oxygens (including phenoxy) is 1. The summed E-state index contributed by atoms with van der Waals surface area (Å²) >= 11 is 0. The number of hydrogen-bond donors (Lipinski definition) is 2. The van der Waals surface area contributed by atoms with Crippen molar-refractivity contribution in [3.63, 3.8) is 0 Å². The van der Waals surface area contributed by atoms with Crippen LogP contribution < -0.4 is 15.4 Å². The van der Waals surface area contributed by atoms with Crippen molar-refractivity contribution in [2.45, 2.75) is 25.8 Å². The molecule has 0 amide bonds. The normalized spacial score (nSPS) is 16.9. The number of sulfone groups is 1. The van der Waals surface area contributed by atoms with Gasteiger partial charge >= 0.3 is 0 Å². The zero-order valence-corrected chi connectivity index (χ0v) is 17.4. The first-order valence-electron chi connectivity index (χ1n) is 9.51. The Hall–Kier alpha value is -1.80. The van der Waals surface area contributed by atoms with E-state index >= 15 is 0 Å². The SMILES string of the molecule is CCNC(=NCC(c1ccc(OC)cc1)N1CCCC1)NCCS(C)(=O)=O. The lowest BCUT2D eigenvalue weighted by Crippen LogP contribution is -2.40. The first kappa shape index (κ1) is 21.5. The summed E-state index contributed by atoms with van der Waals surface area (Å²) in [5.74, 6) is 1.59. The third-order valence-electron chi connectivity index (χ3n) is 4.61. The standard InChI is InChI=1S/C19H32N4O3S/c1-4-20-19(21-11-14-27(3,24)25)22-15-18(23-12-5-6-13-23)16-7-9-17(26-2)10-8-16/h7-10,18H,4-6,11-15H2,1-3H3,(H2,20,21,22). The maximum Gasteiger partial charge on any atom is 0.191 e. The summed E-state index contributed by atoms with van der Waals surface area (Å²) in [6.45, 7) is 5.83. The van der Waals surface area contributed by atoms with Crippen LogP contribution in [0.3, 0.4) is 0 Å². The molecule has 1 unspecified atom stereocenters. The molecule has 152 valence electrons. The zero-order valence-electron chi connectivity index (χ0n) is 16.6. The molecule has 1 aromatic rings. The molecule has 7 nitrogen and oxygen atoms in total. The molecule has 1 aliphatic rings. The van der Waals surface area contributed by atoms with Gasteiger partial charge in [-0.15, -0.1) is 0 Å². The molecule has 1 atom stereocenters. The Morgan fingerprint density at radius 1 is 1.22 bits per heavy atom. The second-order valence-corrected chi connectivity index (χ2v) is 9.07. The molecular weight excluding hydrogens is 364 g/mol. The van der Waals surface area contributed by atoms with E-state index in [1.54, 1.807) is 7.11 Å². The van der Waals surface area contributed by atoms with Crippen molar-refractivity contribution >= 4 is 15.8 Å². The van der Waals surface area contributed by atoms with Crippen molar-refractivity contribution in [1.29, 1.82) is 0 Å². The van der Waals surface area contributed by atoms with Crippen molar-refractivity contribution in [2.75, 3.05) is 51.8 Å². The van der Waals surface area contributed by atoms with Gasteiger partial charge in [0.1, 0.15) is 15.6 Å². The monoisotopic (exact) mass is 396 g/mol. The van der Waals surface area contributed by atoms with Crippen molar-refractivity contribution in [3.05, 3.63) is 29.8 Å². The minimum Gasteiger partial charge on any atom is -0.497 e. The van der Waals surface area contributed by atoms with Gasteiger partial charge in [0.05, 0.1) is 25.4 Å². The second-order valence-electron chi connectivity index (χ2n) is 6.81. The maximum absolute atomic E-state index is 11.3. The van der Waals surface area contributed by atoms with Crippen LogP contribution in [0.1, 0.15) is 31.4 Å². The predicted molar refractivity (Wildman–Crippen MR) is 110 cm³/mol. The number of nitrogens with zero attached hydrogens (tertiary/aromatic N) is 2. The van der Waals surface area contributed by atoms with Gasteiger partial charge in [-0.25, -0.2) is 8.42 Å². The van der Waals surface area contributed by atoms with Gasteiger partial charge in [-0.3, -0.25) is 9.89 Å². The zero-order chi connectivity index (χ0) is 19.7. The number of aliphatic imine (C=N–C) groups is 1. The number of rotatable bonds is 9. The molecule has 27 heavy (non-hydrogen) atoms. The highest BCUT2D eigenvalue weighted by Gasteiger charge is 2.23. The molecule has 8 heteroatoms. The molecule has 1 fully saturated rings. The van der Waals surface area contributed by atoms with Crippen molar-refractivity contribution in [2.24, 2.45) is 4.99 Å². The van der Waals surface area contributed by atoms with Crippen LogP contribution in [0.5, 0.6) is 5.75 Å². The summed E-state index contributed by atoms with van der Waals surface area (Å²) in [5.41, 5.74) is 1.22. The third-order valence-corrected chi connectivity index (χ3v) is 5.56. The Morgan fingerprint density at radius 3 is 2.44 bits per heavy atom. The number of hydrogen-bond acceptors (Lipinski definition) is 5. The molecule has 0 radical (unpaired) electrons. The molecule has 2 N–H and O–H groups in total. The molecule has 1 heterocycles. The quantitative estimate of drug-likeness (QED) is 0.485. The van der Waals surface area contributed by atoms with E-state index < -0.39 is 9.84 Å². The molecule has 2 rings (SSSR count). The Morgan fingerprint density at radius 2 is 1.89 bits per heavy atom. The number of benzene rings is 1. The van der Waals surface area contributed by atoms with Crippen LogP contribution in [0.15, 0.2) is 29.3 Å². The van der Waals surface area contributed by atoms with Crippen molar-refractivity contribution in [3.8, 4) is 5.75 Å².